The molecule has 114 valence electrons. The highest BCUT2D eigenvalue weighted by Gasteiger charge is 2.44. The van der Waals surface area contributed by atoms with E-state index in [1.165, 1.54) is 12.2 Å². The van der Waals surface area contributed by atoms with Gasteiger partial charge in [-0.3, -0.25) is 9.69 Å². The van der Waals surface area contributed by atoms with E-state index in [4.69, 9.17) is 0 Å². The molecule has 1 aromatic carbocycles. The Morgan fingerprint density at radius 2 is 1.95 bits per heavy atom. The van der Waals surface area contributed by atoms with Gasteiger partial charge >= 0.3 is 5.97 Å². The monoisotopic (exact) mass is 305 g/mol. The number of thioether (sulfide) groups is 1. The molecule has 0 saturated carbocycles. The first kappa shape index (κ1) is 14.9. The highest BCUT2D eigenvalue weighted by Crippen LogP contribution is 2.39. The van der Waals surface area contributed by atoms with E-state index in [0.717, 1.165) is 31.5 Å². The number of carboxylic acids is 1. The van der Waals surface area contributed by atoms with Crippen LogP contribution in [0.15, 0.2) is 30.3 Å². The van der Waals surface area contributed by atoms with Crippen molar-refractivity contribution in [1.82, 2.24) is 4.90 Å². The molecule has 2 aliphatic heterocycles. The molecule has 2 fully saturated rings. The Labute approximate surface area is 130 Å². The minimum atomic E-state index is -0.688. The molecule has 0 amide bonds. The van der Waals surface area contributed by atoms with E-state index in [-0.39, 0.29) is 0 Å². The lowest BCUT2D eigenvalue weighted by molar-refractivity contribution is -0.146. The summed E-state index contributed by atoms with van der Waals surface area (Å²) in [7, 11) is 0. The van der Waals surface area contributed by atoms with E-state index in [9.17, 15) is 9.90 Å². The van der Waals surface area contributed by atoms with Gasteiger partial charge in [0, 0.05) is 11.3 Å². The zero-order chi connectivity index (χ0) is 14.9. The highest BCUT2D eigenvalue weighted by molar-refractivity contribution is 8.00. The minimum absolute atomic E-state index is 0.637. The molecule has 0 radical (unpaired) electrons. The van der Waals surface area contributed by atoms with Crippen molar-refractivity contribution in [3.63, 3.8) is 0 Å². The molecule has 3 nitrogen and oxygen atoms in total. The third-order valence-corrected chi connectivity index (χ3v) is 6.50. The van der Waals surface area contributed by atoms with Crippen LogP contribution in [0, 0.1) is 0 Å². The fourth-order valence-electron chi connectivity index (χ4n) is 3.82. The second-order valence-corrected chi connectivity index (χ2v) is 7.71. The Morgan fingerprint density at radius 3 is 2.48 bits per heavy atom. The predicted molar refractivity (Wildman–Crippen MR) is 86.9 cm³/mol. The van der Waals surface area contributed by atoms with Crippen molar-refractivity contribution in [1.29, 1.82) is 0 Å². The summed E-state index contributed by atoms with van der Waals surface area (Å²) in [5.41, 5.74) is 0.276. The molecule has 4 heteroatoms. The van der Waals surface area contributed by atoms with Crippen molar-refractivity contribution in [3.05, 3.63) is 35.9 Å². The average Bonchev–Trinajstić information content (AvgIpc) is 2.94. The van der Waals surface area contributed by atoms with Crippen LogP contribution in [0.4, 0.5) is 0 Å². The summed E-state index contributed by atoms with van der Waals surface area (Å²) in [4.78, 5) is 14.5. The second kappa shape index (κ2) is 6.01. The van der Waals surface area contributed by atoms with Gasteiger partial charge in [-0.05, 0) is 43.7 Å². The third kappa shape index (κ3) is 2.71. The Kier molecular flexibility index (Phi) is 4.27. The lowest BCUT2D eigenvalue weighted by atomic mass is 9.72. The van der Waals surface area contributed by atoms with Crippen molar-refractivity contribution in [2.45, 2.75) is 42.9 Å². The van der Waals surface area contributed by atoms with Gasteiger partial charge in [0.2, 0.25) is 0 Å². The molecule has 3 rings (SSSR count). The number of hydrogen-bond acceptors (Lipinski definition) is 3. The molecule has 2 unspecified atom stereocenters. The number of carbonyl (C=O) groups is 1. The fraction of sp³-hybridized carbons (Fsp3) is 0.588. The quantitative estimate of drug-likeness (QED) is 0.932. The zero-order valence-electron chi connectivity index (χ0n) is 12.5. The third-order valence-electron chi connectivity index (χ3n) is 5.19. The molecule has 0 bridgehead atoms. The maximum Gasteiger partial charge on any atom is 0.314 e. The molecule has 1 N–H and O–H groups in total. The first-order valence-electron chi connectivity index (χ1n) is 7.78. The van der Waals surface area contributed by atoms with Gasteiger partial charge in [0.25, 0.3) is 0 Å². The Balaban J connectivity index is 1.76. The van der Waals surface area contributed by atoms with Crippen LogP contribution < -0.4 is 0 Å². The molecule has 2 saturated heterocycles. The number of aliphatic carboxylic acids is 1. The summed E-state index contributed by atoms with van der Waals surface area (Å²) >= 11 is 2.04. The van der Waals surface area contributed by atoms with Crippen LogP contribution >= 0.6 is 11.8 Å². The van der Waals surface area contributed by atoms with Gasteiger partial charge in [0.1, 0.15) is 0 Å². The summed E-state index contributed by atoms with van der Waals surface area (Å²) < 4.78 is 0. The van der Waals surface area contributed by atoms with Crippen LogP contribution in [0.1, 0.15) is 31.7 Å². The average molecular weight is 305 g/mol. The standard InChI is InChI=1S/C17H23NO2S/c1-13-15(7-12-21-13)18-10-8-17(9-11-18,16(19)20)14-5-3-2-4-6-14/h2-6,13,15H,7-12H2,1H3,(H,19,20). The lowest BCUT2D eigenvalue weighted by Crippen LogP contribution is -2.51. The van der Waals surface area contributed by atoms with Crippen LogP contribution in [0.5, 0.6) is 0 Å². The Bertz CT molecular complexity index is 497. The van der Waals surface area contributed by atoms with E-state index in [1.807, 2.05) is 42.1 Å². The normalized spacial score (nSPS) is 29.4. The maximum absolute atomic E-state index is 11.9. The fourth-order valence-corrected chi connectivity index (χ4v) is 5.10. The van der Waals surface area contributed by atoms with Gasteiger partial charge in [0.15, 0.2) is 0 Å². The summed E-state index contributed by atoms with van der Waals surface area (Å²) in [5.74, 6) is 0.577. The largest absolute Gasteiger partial charge is 0.481 e. The smallest absolute Gasteiger partial charge is 0.314 e. The zero-order valence-corrected chi connectivity index (χ0v) is 13.3. The van der Waals surface area contributed by atoms with E-state index in [1.54, 1.807) is 0 Å². The minimum Gasteiger partial charge on any atom is -0.481 e. The summed E-state index contributed by atoms with van der Waals surface area (Å²) in [5, 5.41) is 10.5. The summed E-state index contributed by atoms with van der Waals surface area (Å²) in [6.07, 6.45) is 2.69. The van der Waals surface area contributed by atoms with Gasteiger partial charge in [-0.25, -0.2) is 0 Å². The molecular weight excluding hydrogens is 282 g/mol. The van der Waals surface area contributed by atoms with Crippen LogP contribution in [0.3, 0.4) is 0 Å². The Hall–Kier alpha value is -1.00. The molecule has 21 heavy (non-hydrogen) atoms. The molecule has 2 heterocycles. The van der Waals surface area contributed by atoms with Crippen molar-refractivity contribution in [2.24, 2.45) is 0 Å². The van der Waals surface area contributed by atoms with Gasteiger partial charge in [-0.2, -0.15) is 11.8 Å². The van der Waals surface area contributed by atoms with E-state index in [0.29, 0.717) is 11.3 Å². The molecule has 2 atom stereocenters. The van der Waals surface area contributed by atoms with Crippen molar-refractivity contribution in [2.75, 3.05) is 18.8 Å². The molecular formula is C17H23NO2S. The number of carboxylic acid groups (broad SMARTS) is 1. The summed E-state index contributed by atoms with van der Waals surface area (Å²) in [6.45, 7) is 4.10. The lowest BCUT2D eigenvalue weighted by Gasteiger charge is -2.42. The van der Waals surface area contributed by atoms with Gasteiger partial charge in [-0.1, -0.05) is 37.3 Å². The first-order valence-corrected chi connectivity index (χ1v) is 8.83. The second-order valence-electron chi connectivity index (χ2n) is 6.22. The van der Waals surface area contributed by atoms with Crippen LogP contribution in [0.25, 0.3) is 0 Å². The number of benzene rings is 1. The number of likely N-dealkylation sites (tertiary alicyclic amines) is 1. The topological polar surface area (TPSA) is 40.5 Å². The van der Waals surface area contributed by atoms with Gasteiger partial charge < -0.3 is 5.11 Å². The number of nitrogens with zero attached hydrogens (tertiary/aromatic N) is 1. The SMILES string of the molecule is CC1SCCC1N1CCC(C(=O)O)(c2ccccc2)CC1. The van der Waals surface area contributed by atoms with Crippen LogP contribution in [0.2, 0.25) is 0 Å². The predicted octanol–water partition coefficient (Wildman–Crippen LogP) is 3.00. The van der Waals surface area contributed by atoms with Crippen molar-refractivity contribution < 1.29 is 9.90 Å². The number of piperidine rings is 1. The molecule has 1 aromatic rings. The maximum atomic E-state index is 11.9. The van der Waals surface area contributed by atoms with Crippen LogP contribution in [-0.2, 0) is 10.2 Å². The molecule has 0 aliphatic carbocycles. The van der Waals surface area contributed by atoms with Crippen molar-refractivity contribution >= 4 is 17.7 Å². The molecule has 0 aromatic heterocycles. The number of rotatable bonds is 3. The summed E-state index contributed by atoms with van der Waals surface area (Å²) in [6, 6.07) is 10.4. The van der Waals surface area contributed by atoms with E-state index < -0.39 is 11.4 Å². The number of hydrogen-bond donors (Lipinski definition) is 1. The van der Waals surface area contributed by atoms with Gasteiger partial charge in [0.05, 0.1) is 5.41 Å². The van der Waals surface area contributed by atoms with Crippen molar-refractivity contribution in [3.8, 4) is 0 Å². The van der Waals surface area contributed by atoms with E-state index >= 15 is 0 Å². The highest BCUT2D eigenvalue weighted by atomic mass is 32.2. The van der Waals surface area contributed by atoms with Gasteiger partial charge in [-0.15, -0.1) is 0 Å². The van der Waals surface area contributed by atoms with E-state index in [2.05, 4.69) is 11.8 Å². The Morgan fingerprint density at radius 1 is 1.29 bits per heavy atom. The first-order chi connectivity index (χ1) is 10.1. The van der Waals surface area contributed by atoms with Crippen LogP contribution in [-0.4, -0.2) is 46.1 Å². The molecule has 0 spiro atoms. The molecule has 2 aliphatic rings.